The predicted molar refractivity (Wildman–Crippen MR) is 118 cm³/mol. The first-order chi connectivity index (χ1) is 14.2. The fraction of sp³-hybridized carbons (Fsp3) is 0.0909. The Hall–Kier alpha value is -3.10. The first kappa shape index (κ1) is 21.6. The molecule has 0 bridgehead atoms. The molecule has 1 atom stereocenters. The van der Waals surface area contributed by atoms with E-state index in [1.165, 1.54) is 30.5 Å². The molecule has 0 aliphatic rings. The number of aryl methyl sites for hydroxylation is 1. The summed E-state index contributed by atoms with van der Waals surface area (Å²) in [6.45, 7) is 1.82. The number of Topliss-reactive ketones (excluding diaryl/α,β-unsaturated/α-hetero) is 1. The summed E-state index contributed by atoms with van der Waals surface area (Å²) in [7, 11) is -7.35. The van der Waals surface area contributed by atoms with Gasteiger partial charge in [0.1, 0.15) is 0 Å². The van der Waals surface area contributed by atoms with Gasteiger partial charge in [-0.05, 0) is 31.2 Å². The molecule has 6 nitrogen and oxygen atoms in total. The van der Waals surface area contributed by atoms with E-state index in [2.05, 4.69) is 8.76 Å². The summed E-state index contributed by atoms with van der Waals surface area (Å²) in [6.07, 6.45) is 1.34. The topological polar surface area (TPSA) is 93.0 Å². The van der Waals surface area contributed by atoms with Gasteiger partial charge >= 0.3 is 0 Å². The molecule has 0 amide bonds. The second kappa shape index (κ2) is 8.73. The summed E-state index contributed by atoms with van der Waals surface area (Å²) in [5.74, 6) is -1.35. The fourth-order valence-corrected chi connectivity index (χ4v) is 4.80. The highest BCUT2D eigenvalue weighted by atomic mass is 32.2. The Morgan fingerprint density at radius 3 is 1.83 bits per heavy atom. The third-order valence-corrected chi connectivity index (χ3v) is 7.16. The van der Waals surface area contributed by atoms with Gasteiger partial charge < -0.3 is 0 Å². The molecule has 0 N–H and O–H groups in total. The fourth-order valence-electron chi connectivity index (χ4n) is 2.59. The molecule has 154 valence electrons. The van der Waals surface area contributed by atoms with Crippen LogP contribution in [0.15, 0.2) is 103 Å². The Morgan fingerprint density at radius 2 is 1.27 bits per heavy atom. The van der Waals surface area contributed by atoms with Gasteiger partial charge in [0.2, 0.25) is 11.6 Å². The molecule has 0 radical (unpaired) electrons. The van der Waals surface area contributed by atoms with Crippen LogP contribution < -0.4 is 0 Å². The first-order valence-electron chi connectivity index (χ1n) is 8.98. The lowest BCUT2D eigenvalue weighted by atomic mass is 10.1. The van der Waals surface area contributed by atoms with Crippen LogP contribution in [0.3, 0.4) is 0 Å². The van der Waals surface area contributed by atoms with Crippen molar-refractivity contribution in [2.45, 2.75) is 16.7 Å². The Labute approximate surface area is 176 Å². The van der Waals surface area contributed by atoms with Crippen LogP contribution in [-0.2, 0) is 19.8 Å². The molecule has 30 heavy (non-hydrogen) atoms. The standard InChI is InChI=1S/C22H20N2O4S2/c1-17-13-15-20(16-14-17)30(27,28)24-22(21(25)18-9-5-3-6-10-18)23-29(2,26)19-11-7-4-8-12-19/h3-16H,1-2H3/b24-22+/t29-/m1/s1. The number of rotatable bonds is 5. The third kappa shape index (κ3) is 5.08. The zero-order valence-electron chi connectivity index (χ0n) is 16.4. The van der Waals surface area contributed by atoms with Gasteiger partial charge in [0.15, 0.2) is 0 Å². The van der Waals surface area contributed by atoms with E-state index in [-0.39, 0.29) is 10.5 Å². The Bertz CT molecular complexity index is 1310. The van der Waals surface area contributed by atoms with Gasteiger partial charge in [-0.2, -0.15) is 12.8 Å². The van der Waals surface area contributed by atoms with E-state index in [0.29, 0.717) is 4.90 Å². The molecule has 3 aromatic rings. The number of nitrogens with zero attached hydrogens (tertiary/aromatic N) is 2. The molecule has 0 saturated carbocycles. The minimum atomic E-state index is -4.24. The molecule has 0 spiro atoms. The Kier molecular flexibility index (Phi) is 6.28. The van der Waals surface area contributed by atoms with Crippen molar-refractivity contribution in [3.8, 4) is 0 Å². The first-order valence-corrected chi connectivity index (χ1v) is 12.3. The summed E-state index contributed by atoms with van der Waals surface area (Å²) in [5.41, 5.74) is 1.08. The number of sulfonamides is 1. The van der Waals surface area contributed by atoms with Crippen LogP contribution in [0.1, 0.15) is 15.9 Å². The number of ketones is 1. The minimum Gasteiger partial charge on any atom is -0.285 e. The van der Waals surface area contributed by atoms with Crippen LogP contribution in [0.5, 0.6) is 0 Å². The summed E-state index contributed by atoms with van der Waals surface area (Å²) in [6, 6.07) is 22.4. The third-order valence-electron chi connectivity index (χ3n) is 4.21. The van der Waals surface area contributed by atoms with Crippen molar-refractivity contribution >= 4 is 31.4 Å². The van der Waals surface area contributed by atoms with Gasteiger partial charge in [0.25, 0.3) is 10.0 Å². The molecule has 3 rings (SSSR count). The van der Waals surface area contributed by atoms with Gasteiger partial charge in [0.05, 0.1) is 14.6 Å². The van der Waals surface area contributed by atoms with Crippen LogP contribution >= 0.6 is 0 Å². The second-order valence-corrected chi connectivity index (χ2v) is 10.5. The Balaban J connectivity index is 2.19. The molecular formula is C22H20N2O4S2. The van der Waals surface area contributed by atoms with Crippen molar-refractivity contribution in [2.24, 2.45) is 8.76 Å². The van der Waals surface area contributed by atoms with Crippen molar-refractivity contribution in [3.05, 3.63) is 96.1 Å². The second-order valence-electron chi connectivity index (χ2n) is 6.61. The van der Waals surface area contributed by atoms with E-state index >= 15 is 0 Å². The lowest BCUT2D eigenvalue weighted by Gasteiger charge is -2.07. The molecule has 0 heterocycles. The highest BCUT2D eigenvalue weighted by Gasteiger charge is 2.22. The summed E-state index contributed by atoms with van der Waals surface area (Å²) < 4.78 is 46.6. The van der Waals surface area contributed by atoms with Crippen LogP contribution in [0, 0.1) is 6.92 Å². The quantitative estimate of drug-likeness (QED) is 0.339. The molecule has 8 heteroatoms. The maximum atomic E-state index is 13.2. The van der Waals surface area contributed by atoms with Crippen LogP contribution in [0.4, 0.5) is 0 Å². The highest BCUT2D eigenvalue weighted by Crippen LogP contribution is 2.17. The van der Waals surface area contributed by atoms with E-state index in [0.717, 1.165) is 5.56 Å². The number of hydrogen-bond donors (Lipinski definition) is 0. The van der Waals surface area contributed by atoms with Crippen molar-refractivity contribution in [3.63, 3.8) is 0 Å². The molecule has 0 unspecified atom stereocenters. The molecule has 0 aliphatic heterocycles. The zero-order valence-corrected chi connectivity index (χ0v) is 18.1. The lowest BCUT2D eigenvalue weighted by Crippen LogP contribution is -2.17. The molecular weight excluding hydrogens is 420 g/mol. The SMILES string of the molecule is Cc1ccc(S(=O)(=O)/N=C(/N=[S@](C)(=O)c2ccccc2)C(=O)c2ccccc2)cc1. The summed E-state index contributed by atoms with van der Waals surface area (Å²) >= 11 is 0. The van der Waals surface area contributed by atoms with Gasteiger partial charge in [0, 0.05) is 16.7 Å². The van der Waals surface area contributed by atoms with Crippen LogP contribution in [0.25, 0.3) is 0 Å². The predicted octanol–water partition coefficient (Wildman–Crippen LogP) is 4.12. The van der Waals surface area contributed by atoms with Gasteiger partial charge in [-0.3, -0.25) is 4.79 Å². The summed E-state index contributed by atoms with van der Waals surface area (Å²) in [4.78, 5) is 13.3. The number of carbonyl (C=O) groups excluding carboxylic acids is 1. The summed E-state index contributed by atoms with van der Waals surface area (Å²) in [5, 5.41) is 0. The van der Waals surface area contributed by atoms with Crippen molar-refractivity contribution < 1.29 is 17.4 Å². The largest absolute Gasteiger partial charge is 0.285 e. The molecule has 3 aromatic carbocycles. The van der Waals surface area contributed by atoms with Gasteiger partial charge in [-0.1, -0.05) is 66.2 Å². The lowest BCUT2D eigenvalue weighted by molar-refractivity contribution is 0.106. The van der Waals surface area contributed by atoms with Crippen molar-refractivity contribution in [2.75, 3.05) is 6.26 Å². The average molecular weight is 441 g/mol. The smallest absolute Gasteiger partial charge is 0.284 e. The van der Waals surface area contributed by atoms with E-state index in [9.17, 15) is 17.4 Å². The highest BCUT2D eigenvalue weighted by molar-refractivity contribution is 7.93. The van der Waals surface area contributed by atoms with E-state index in [4.69, 9.17) is 0 Å². The van der Waals surface area contributed by atoms with Crippen LogP contribution in [0.2, 0.25) is 0 Å². The number of benzene rings is 3. The number of hydrogen-bond acceptors (Lipinski definition) is 4. The maximum Gasteiger partial charge on any atom is 0.284 e. The van der Waals surface area contributed by atoms with Crippen LogP contribution in [-0.4, -0.2) is 30.5 Å². The van der Waals surface area contributed by atoms with Crippen molar-refractivity contribution in [1.82, 2.24) is 0 Å². The van der Waals surface area contributed by atoms with Gasteiger partial charge in [-0.15, -0.1) is 4.40 Å². The van der Waals surface area contributed by atoms with E-state index in [1.54, 1.807) is 60.7 Å². The molecule has 0 saturated heterocycles. The molecule has 0 aliphatic carbocycles. The number of amidine groups is 1. The van der Waals surface area contributed by atoms with Gasteiger partial charge in [-0.25, -0.2) is 4.21 Å². The van der Waals surface area contributed by atoms with E-state index < -0.39 is 31.4 Å². The minimum absolute atomic E-state index is 0.0797. The normalized spacial score (nSPS) is 14.0. The molecule has 0 aromatic heterocycles. The van der Waals surface area contributed by atoms with Crippen molar-refractivity contribution in [1.29, 1.82) is 0 Å². The Morgan fingerprint density at radius 1 is 0.733 bits per heavy atom. The maximum absolute atomic E-state index is 13.2. The zero-order chi connectivity index (χ0) is 21.8. The molecule has 0 fully saturated rings. The monoisotopic (exact) mass is 440 g/mol. The number of carbonyl (C=O) groups is 1. The van der Waals surface area contributed by atoms with E-state index in [1.807, 2.05) is 6.92 Å². The average Bonchev–Trinajstić information content (AvgIpc) is 2.74.